The SMILES string of the molecule is CCCCCN(C)S(=O)(=O)c1ccc(Br)cc1F. The highest BCUT2D eigenvalue weighted by atomic mass is 79.9. The molecule has 0 unspecified atom stereocenters. The minimum atomic E-state index is -3.73. The second-order valence-corrected chi connectivity index (χ2v) is 7.04. The van der Waals surface area contributed by atoms with Crippen LogP contribution in [0.3, 0.4) is 0 Å². The maximum absolute atomic E-state index is 13.7. The second-order valence-electron chi connectivity index (χ2n) is 4.11. The van der Waals surface area contributed by atoms with Gasteiger partial charge in [0.2, 0.25) is 10.0 Å². The molecule has 0 fully saturated rings. The number of halogens is 2. The Bertz CT molecular complexity index is 505. The van der Waals surface area contributed by atoms with E-state index in [4.69, 9.17) is 0 Å². The Morgan fingerprint density at radius 2 is 2.00 bits per heavy atom. The maximum Gasteiger partial charge on any atom is 0.245 e. The highest BCUT2D eigenvalue weighted by molar-refractivity contribution is 9.10. The van der Waals surface area contributed by atoms with Crippen LogP contribution in [0.4, 0.5) is 4.39 Å². The third kappa shape index (κ3) is 3.76. The van der Waals surface area contributed by atoms with Gasteiger partial charge in [-0.2, -0.15) is 0 Å². The van der Waals surface area contributed by atoms with Crippen molar-refractivity contribution in [1.29, 1.82) is 0 Å². The first-order valence-corrected chi connectivity index (χ1v) is 8.04. The molecule has 0 aliphatic carbocycles. The van der Waals surface area contributed by atoms with Gasteiger partial charge in [0.25, 0.3) is 0 Å². The molecule has 0 radical (unpaired) electrons. The molecule has 0 saturated heterocycles. The molecule has 0 spiro atoms. The first-order valence-electron chi connectivity index (χ1n) is 5.81. The Kier molecular flexibility index (Phi) is 5.75. The van der Waals surface area contributed by atoms with E-state index in [1.54, 1.807) is 0 Å². The molecule has 0 aromatic heterocycles. The fraction of sp³-hybridized carbons (Fsp3) is 0.500. The first-order chi connectivity index (χ1) is 8.39. The standard InChI is InChI=1S/C12H17BrFNO2S/c1-3-4-5-8-15(2)18(16,17)12-7-6-10(13)9-11(12)14/h6-7,9H,3-5,8H2,1-2H3. The van der Waals surface area contributed by atoms with E-state index in [1.807, 2.05) is 6.92 Å². The number of hydrogen-bond donors (Lipinski definition) is 0. The van der Waals surface area contributed by atoms with Gasteiger partial charge in [-0.1, -0.05) is 35.7 Å². The largest absolute Gasteiger partial charge is 0.245 e. The number of nitrogens with zero attached hydrogens (tertiary/aromatic N) is 1. The molecule has 0 saturated carbocycles. The van der Waals surface area contributed by atoms with Crippen molar-refractivity contribution in [1.82, 2.24) is 4.31 Å². The van der Waals surface area contributed by atoms with Crippen LogP contribution in [0.5, 0.6) is 0 Å². The van der Waals surface area contributed by atoms with Gasteiger partial charge in [-0.3, -0.25) is 0 Å². The van der Waals surface area contributed by atoms with Crippen LogP contribution in [-0.4, -0.2) is 26.3 Å². The fourth-order valence-electron chi connectivity index (χ4n) is 1.56. The minimum absolute atomic E-state index is 0.273. The average Bonchev–Trinajstić information content (AvgIpc) is 2.28. The summed E-state index contributed by atoms with van der Waals surface area (Å²) in [6.07, 6.45) is 2.76. The van der Waals surface area contributed by atoms with Crippen LogP contribution >= 0.6 is 15.9 Å². The lowest BCUT2D eigenvalue weighted by atomic mass is 10.2. The third-order valence-corrected chi connectivity index (χ3v) is 5.04. The molecule has 0 N–H and O–H groups in total. The van der Waals surface area contributed by atoms with Crippen molar-refractivity contribution in [2.75, 3.05) is 13.6 Å². The average molecular weight is 338 g/mol. The summed E-state index contributed by atoms with van der Waals surface area (Å²) in [5.41, 5.74) is 0. The summed E-state index contributed by atoms with van der Waals surface area (Å²) in [4.78, 5) is -0.273. The Balaban J connectivity index is 2.91. The molecule has 18 heavy (non-hydrogen) atoms. The Hall–Kier alpha value is -0.460. The summed E-state index contributed by atoms with van der Waals surface area (Å²) in [5.74, 6) is -0.730. The lowest BCUT2D eigenvalue weighted by molar-refractivity contribution is 0.449. The van der Waals surface area contributed by atoms with Crippen molar-refractivity contribution in [3.05, 3.63) is 28.5 Å². The van der Waals surface area contributed by atoms with Crippen LogP contribution in [0.1, 0.15) is 26.2 Å². The van der Waals surface area contributed by atoms with E-state index in [0.29, 0.717) is 11.0 Å². The zero-order chi connectivity index (χ0) is 13.8. The maximum atomic E-state index is 13.7. The van der Waals surface area contributed by atoms with Gasteiger partial charge in [-0.25, -0.2) is 17.1 Å². The minimum Gasteiger partial charge on any atom is -0.207 e. The number of sulfonamides is 1. The van der Waals surface area contributed by atoms with E-state index in [0.717, 1.165) is 25.3 Å². The van der Waals surface area contributed by atoms with Gasteiger partial charge in [0.05, 0.1) is 0 Å². The van der Waals surface area contributed by atoms with E-state index in [9.17, 15) is 12.8 Å². The smallest absolute Gasteiger partial charge is 0.207 e. The molecule has 0 amide bonds. The van der Waals surface area contributed by atoms with Crippen LogP contribution in [0.2, 0.25) is 0 Å². The van der Waals surface area contributed by atoms with Gasteiger partial charge in [0.15, 0.2) is 0 Å². The van der Waals surface area contributed by atoms with Crippen LogP contribution in [0.25, 0.3) is 0 Å². The normalized spacial score (nSPS) is 12.1. The molecule has 1 aromatic rings. The first kappa shape index (κ1) is 15.6. The van der Waals surface area contributed by atoms with Crippen molar-refractivity contribution >= 4 is 26.0 Å². The molecule has 0 bridgehead atoms. The zero-order valence-electron chi connectivity index (χ0n) is 10.5. The van der Waals surface area contributed by atoms with Crippen LogP contribution in [0.15, 0.2) is 27.6 Å². The van der Waals surface area contributed by atoms with Gasteiger partial charge in [-0.15, -0.1) is 0 Å². The van der Waals surface area contributed by atoms with Crippen LogP contribution < -0.4 is 0 Å². The van der Waals surface area contributed by atoms with Crippen LogP contribution in [0, 0.1) is 5.82 Å². The Morgan fingerprint density at radius 1 is 1.33 bits per heavy atom. The molecule has 6 heteroatoms. The van der Waals surface area contributed by atoms with Gasteiger partial charge < -0.3 is 0 Å². The number of benzene rings is 1. The summed E-state index contributed by atoms with van der Waals surface area (Å²) in [7, 11) is -2.25. The summed E-state index contributed by atoms with van der Waals surface area (Å²) < 4.78 is 39.6. The molecule has 0 heterocycles. The molecule has 1 aromatic carbocycles. The number of unbranched alkanes of at least 4 members (excludes halogenated alkanes) is 2. The van der Waals surface area contributed by atoms with Gasteiger partial charge in [0, 0.05) is 18.1 Å². The second kappa shape index (κ2) is 6.63. The topological polar surface area (TPSA) is 37.4 Å². The van der Waals surface area contributed by atoms with E-state index in [-0.39, 0.29) is 4.90 Å². The highest BCUT2D eigenvalue weighted by Gasteiger charge is 2.23. The molecule has 1 rings (SSSR count). The molecule has 0 atom stereocenters. The van der Waals surface area contributed by atoms with Crippen LogP contribution in [-0.2, 0) is 10.0 Å². The molecule has 0 aliphatic heterocycles. The molecule has 3 nitrogen and oxygen atoms in total. The predicted octanol–water partition coefficient (Wildman–Crippen LogP) is 3.40. The van der Waals surface area contributed by atoms with Crippen molar-refractivity contribution in [3.63, 3.8) is 0 Å². The third-order valence-electron chi connectivity index (χ3n) is 2.66. The summed E-state index contributed by atoms with van der Waals surface area (Å²) >= 11 is 3.10. The number of rotatable bonds is 6. The lowest BCUT2D eigenvalue weighted by Crippen LogP contribution is -2.28. The van der Waals surface area contributed by atoms with E-state index in [1.165, 1.54) is 23.5 Å². The Labute approximate surface area is 116 Å². The fourth-order valence-corrected chi connectivity index (χ4v) is 3.14. The lowest BCUT2D eigenvalue weighted by Gasteiger charge is -2.17. The van der Waals surface area contributed by atoms with Crippen molar-refractivity contribution in [2.45, 2.75) is 31.1 Å². The van der Waals surface area contributed by atoms with Crippen molar-refractivity contribution in [2.24, 2.45) is 0 Å². The van der Waals surface area contributed by atoms with Gasteiger partial charge in [-0.05, 0) is 24.6 Å². The predicted molar refractivity (Wildman–Crippen MR) is 73.4 cm³/mol. The summed E-state index contributed by atoms with van der Waals surface area (Å²) in [6.45, 7) is 2.45. The molecule has 0 aliphatic rings. The summed E-state index contributed by atoms with van der Waals surface area (Å²) in [5, 5.41) is 0. The van der Waals surface area contributed by atoms with Crippen molar-refractivity contribution in [3.8, 4) is 0 Å². The van der Waals surface area contributed by atoms with Crippen molar-refractivity contribution < 1.29 is 12.8 Å². The Morgan fingerprint density at radius 3 is 2.56 bits per heavy atom. The quantitative estimate of drug-likeness (QED) is 0.746. The number of hydrogen-bond acceptors (Lipinski definition) is 2. The molecular formula is C12H17BrFNO2S. The van der Waals surface area contributed by atoms with E-state index in [2.05, 4.69) is 15.9 Å². The monoisotopic (exact) mass is 337 g/mol. The van der Waals surface area contributed by atoms with E-state index < -0.39 is 15.8 Å². The van der Waals surface area contributed by atoms with Gasteiger partial charge in [0.1, 0.15) is 10.7 Å². The molecule has 102 valence electrons. The van der Waals surface area contributed by atoms with E-state index >= 15 is 0 Å². The zero-order valence-corrected chi connectivity index (χ0v) is 12.9. The van der Waals surface area contributed by atoms with Gasteiger partial charge >= 0.3 is 0 Å². The summed E-state index contributed by atoms with van der Waals surface area (Å²) in [6, 6.07) is 3.97. The highest BCUT2D eigenvalue weighted by Crippen LogP contribution is 2.22. The molecular weight excluding hydrogens is 321 g/mol.